The highest BCUT2D eigenvalue weighted by molar-refractivity contribution is 7.92. The Balaban J connectivity index is 2.15. The van der Waals surface area contributed by atoms with Gasteiger partial charge in [-0.15, -0.1) is 0 Å². The molecule has 2 aromatic rings. The maximum absolute atomic E-state index is 13.7. The van der Waals surface area contributed by atoms with Crippen molar-refractivity contribution in [2.45, 2.75) is 4.90 Å². The van der Waals surface area contributed by atoms with Crippen molar-refractivity contribution in [1.29, 1.82) is 0 Å². The van der Waals surface area contributed by atoms with E-state index in [2.05, 4.69) is 4.72 Å². The van der Waals surface area contributed by atoms with Gasteiger partial charge in [0, 0.05) is 10.7 Å². The van der Waals surface area contributed by atoms with E-state index in [1.807, 2.05) is 0 Å². The van der Waals surface area contributed by atoms with E-state index in [1.165, 1.54) is 30.3 Å². The first-order chi connectivity index (χ1) is 10.8. The van der Waals surface area contributed by atoms with Gasteiger partial charge in [0.05, 0.1) is 0 Å². The van der Waals surface area contributed by atoms with Gasteiger partial charge in [-0.1, -0.05) is 11.6 Å². The molecule has 0 aliphatic rings. The molecule has 2 aromatic carbocycles. The summed E-state index contributed by atoms with van der Waals surface area (Å²) in [5, 5.41) is 0.0948. The molecule has 6 nitrogen and oxygen atoms in total. The minimum Gasteiger partial charge on any atom is -0.484 e. The third kappa shape index (κ3) is 4.57. The van der Waals surface area contributed by atoms with Crippen LogP contribution in [0.25, 0.3) is 0 Å². The van der Waals surface area contributed by atoms with Gasteiger partial charge in [-0.25, -0.2) is 12.8 Å². The highest BCUT2D eigenvalue weighted by Crippen LogP contribution is 2.23. The average Bonchev–Trinajstić information content (AvgIpc) is 2.45. The Kier molecular flexibility index (Phi) is 5.07. The molecule has 2 rings (SSSR count). The fourth-order valence-electron chi connectivity index (χ4n) is 1.68. The number of nitrogens with one attached hydrogen (secondary N) is 1. The molecule has 3 N–H and O–H groups in total. The third-order valence-electron chi connectivity index (χ3n) is 2.67. The van der Waals surface area contributed by atoms with Gasteiger partial charge in [0.15, 0.2) is 6.61 Å². The van der Waals surface area contributed by atoms with Gasteiger partial charge >= 0.3 is 0 Å². The quantitative estimate of drug-likeness (QED) is 0.826. The number of nitrogens with two attached hydrogens (primary N) is 1. The molecule has 0 aromatic heterocycles. The maximum Gasteiger partial charge on any atom is 0.264 e. The number of anilines is 1. The maximum atomic E-state index is 13.7. The predicted molar refractivity (Wildman–Crippen MR) is 83.3 cm³/mol. The molecule has 1 amide bonds. The van der Waals surface area contributed by atoms with Crippen molar-refractivity contribution in [2.75, 3.05) is 11.3 Å². The van der Waals surface area contributed by atoms with E-state index in [0.717, 1.165) is 12.1 Å². The summed E-state index contributed by atoms with van der Waals surface area (Å²) >= 11 is 5.59. The fourth-order valence-corrected chi connectivity index (χ4v) is 2.95. The largest absolute Gasteiger partial charge is 0.484 e. The van der Waals surface area contributed by atoms with Gasteiger partial charge in [0.1, 0.15) is 16.5 Å². The van der Waals surface area contributed by atoms with Crippen LogP contribution in [0, 0.1) is 5.82 Å². The van der Waals surface area contributed by atoms with Crippen LogP contribution < -0.4 is 15.2 Å². The summed E-state index contributed by atoms with van der Waals surface area (Å²) < 4.78 is 45.3. The first-order valence-corrected chi connectivity index (χ1v) is 8.13. The number of halogens is 2. The molecule has 0 bridgehead atoms. The number of amides is 1. The molecule has 0 heterocycles. The van der Waals surface area contributed by atoms with Gasteiger partial charge in [-0.3, -0.25) is 9.52 Å². The molecule has 0 spiro atoms. The Hall–Kier alpha value is -2.32. The van der Waals surface area contributed by atoms with Crippen molar-refractivity contribution < 1.29 is 22.3 Å². The number of primary amides is 1. The molecular formula is C14H12ClFN2O4S. The number of benzene rings is 2. The number of hydrogen-bond donors (Lipinski definition) is 2. The fraction of sp³-hybridized carbons (Fsp3) is 0.0714. The number of carbonyl (C=O) groups excluding carboxylic acids is 1. The summed E-state index contributed by atoms with van der Waals surface area (Å²) in [5.41, 5.74) is 5.14. The van der Waals surface area contributed by atoms with Crippen LogP contribution in [0.15, 0.2) is 47.4 Å². The van der Waals surface area contributed by atoms with Gasteiger partial charge < -0.3 is 10.5 Å². The third-order valence-corrected chi connectivity index (χ3v) is 4.32. The monoisotopic (exact) mass is 358 g/mol. The van der Waals surface area contributed by atoms with Crippen molar-refractivity contribution in [1.82, 2.24) is 0 Å². The van der Waals surface area contributed by atoms with Crippen LogP contribution in [-0.2, 0) is 14.8 Å². The van der Waals surface area contributed by atoms with E-state index in [1.54, 1.807) is 0 Å². The molecule has 0 aliphatic carbocycles. The van der Waals surface area contributed by atoms with Crippen LogP contribution >= 0.6 is 11.6 Å². The summed E-state index contributed by atoms with van der Waals surface area (Å²) in [4.78, 5) is 10.1. The smallest absolute Gasteiger partial charge is 0.264 e. The van der Waals surface area contributed by atoms with Crippen LogP contribution in [0.3, 0.4) is 0 Å². The minimum absolute atomic E-state index is 0.0948. The molecule has 0 radical (unpaired) electrons. The van der Waals surface area contributed by atoms with Crippen LogP contribution in [0.1, 0.15) is 0 Å². The summed E-state index contributed by atoms with van der Waals surface area (Å²) in [6, 6.07) is 8.96. The standard InChI is InChI=1S/C14H12ClFN2O4S/c15-9-1-6-13(12(16)7-9)23(20,21)18-10-2-4-11(5-3-10)22-8-14(17)19/h1-7,18H,8H2,(H2,17,19). The highest BCUT2D eigenvalue weighted by atomic mass is 35.5. The Labute approximate surface area is 137 Å². The van der Waals surface area contributed by atoms with E-state index in [4.69, 9.17) is 22.1 Å². The average molecular weight is 359 g/mol. The molecule has 0 atom stereocenters. The van der Waals surface area contributed by atoms with E-state index in [-0.39, 0.29) is 17.3 Å². The Morgan fingerprint density at radius 3 is 2.43 bits per heavy atom. The highest BCUT2D eigenvalue weighted by Gasteiger charge is 2.19. The first-order valence-electron chi connectivity index (χ1n) is 6.27. The van der Waals surface area contributed by atoms with Crippen molar-refractivity contribution in [3.63, 3.8) is 0 Å². The van der Waals surface area contributed by atoms with E-state index in [9.17, 15) is 17.6 Å². The van der Waals surface area contributed by atoms with Crippen LogP contribution in [-0.4, -0.2) is 20.9 Å². The summed E-state index contributed by atoms with van der Waals surface area (Å²) in [6.07, 6.45) is 0. The molecular weight excluding hydrogens is 347 g/mol. The Morgan fingerprint density at radius 1 is 1.22 bits per heavy atom. The zero-order chi connectivity index (χ0) is 17.0. The lowest BCUT2D eigenvalue weighted by atomic mass is 10.3. The van der Waals surface area contributed by atoms with Crippen molar-refractivity contribution in [3.8, 4) is 5.75 Å². The second kappa shape index (κ2) is 6.84. The number of sulfonamides is 1. The summed E-state index contributed by atoms with van der Waals surface area (Å²) in [5.74, 6) is -1.25. The number of rotatable bonds is 6. The molecule has 0 aliphatic heterocycles. The molecule has 0 unspecified atom stereocenters. The lowest BCUT2D eigenvalue weighted by molar-refractivity contribution is -0.119. The second-order valence-corrected chi connectivity index (χ2v) is 6.55. The number of carbonyl (C=O) groups is 1. The topological polar surface area (TPSA) is 98.5 Å². The normalized spacial score (nSPS) is 11.0. The second-order valence-electron chi connectivity index (χ2n) is 4.46. The van der Waals surface area contributed by atoms with E-state index in [0.29, 0.717) is 5.75 Å². The SMILES string of the molecule is NC(=O)COc1ccc(NS(=O)(=O)c2ccc(Cl)cc2F)cc1. The van der Waals surface area contributed by atoms with E-state index >= 15 is 0 Å². The van der Waals surface area contributed by atoms with Gasteiger partial charge in [0.2, 0.25) is 0 Å². The summed E-state index contributed by atoms with van der Waals surface area (Å²) in [6.45, 7) is -0.291. The van der Waals surface area contributed by atoms with Gasteiger partial charge in [-0.05, 0) is 42.5 Å². The van der Waals surface area contributed by atoms with Gasteiger partial charge in [0.25, 0.3) is 15.9 Å². The number of ether oxygens (including phenoxy) is 1. The lowest BCUT2D eigenvalue weighted by Crippen LogP contribution is -2.20. The van der Waals surface area contributed by atoms with Crippen molar-refractivity contribution >= 4 is 33.2 Å². The molecule has 0 saturated heterocycles. The predicted octanol–water partition coefficient (Wildman–Crippen LogP) is 2.14. The Bertz CT molecular complexity index is 825. The molecule has 9 heteroatoms. The molecule has 0 fully saturated rings. The van der Waals surface area contributed by atoms with Gasteiger partial charge in [-0.2, -0.15) is 0 Å². The Morgan fingerprint density at radius 2 is 1.87 bits per heavy atom. The zero-order valence-electron chi connectivity index (χ0n) is 11.6. The lowest BCUT2D eigenvalue weighted by Gasteiger charge is -2.10. The van der Waals surface area contributed by atoms with Crippen molar-refractivity contribution in [3.05, 3.63) is 53.3 Å². The molecule has 122 valence electrons. The van der Waals surface area contributed by atoms with Crippen LogP contribution in [0.4, 0.5) is 10.1 Å². The minimum atomic E-state index is -4.10. The molecule has 23 heavy (non-hydrogen) atoms. The van der Waals surface area contributed by atoms with Crippen molar-refractivity contribution in [2.24, 2.45) is 5.73 Å². The molecule has 0 saturated carbocycles. The van der Waals surface area contributed by atoms with Crippen LogP contribution in [0.5, 0.6) is 5.75 Å². The summed E-state index contributed by atoms with van der Waals surface area (Å²) in [7, 11) is -4.10. The number of hydrogen-bond acceptors (Lipinski definition) is 4. The first kappa shape index (κ1) is 17.0. The van der Waals surface area contributed by atoms with E-state index < -0.39 is 26.6 Å². The van der Waals surface area contributed by atoms with Crippen LogP contribution in [0.2, 0.25) is 5.02 Å². The zero-order valence-corrected chi connectivity index (χ0v) is 13.2.